The van der Waals surface area contributed by atoms with E-state index >= 15 is 0 Å². The molecule has 1 spiro atoms. The van der Waals surface area contributed by atoms with Crippen molar-refractivity contribution in [1.82, 2.24) is 14.4 Å². The van der Waals surface area contributed by atoms with Gasteiger partial charge in [0.15, 0.2) is 0 Å². The predicted octanol–water partition coefficient (Wildman–Crippen LogP) is 2.08. The van der Waals surface area contributed by atoms with Gasteiger partial charge in [-0.3, -0.25) is 14.5 Å². The zero-order chi connectivity index (χ0) is 18.5. The summed E-state index contributed by atoms with van der Waals surface area (Å²) in [4.78, 5) is 27.9. The molecule has 0 unspecified atom stereocenters. The fourth-order valence-corrected chi connectivity index (χ4v) is 4.81. The van der Waals surface area contributed by atoms with Gasteiger partial charge in [0, 0.05) is 51.4 Å². The molecule has 138 valence electrons. The van der Waals surface area contributed by atoms with E-state index in [0.29, 0.717) is 0 Å². The molecule has 2 saturated heterocycles. The van der Waals surface area contributed by atoms with Crippen LogP contribution in [0.4, 0.5) is 0 Å². The zero-order valence-electron chi connectivity index (χ0n) is 15.3. The monoisotopic (exact) mass is 355 g/mol. The number of hydrogen-bond donors (Lipinski definition) is 1. The number of carboxylic acid groups (broad SMARTS) is 1. The molecule has 6 nitrogen and oxygen atoms in total. The topological polar surface area (TPSA) is 65.8 Å². The fraction of sp³-hybridized carbons (Fsp3) is 0.500. The number of fused-ring (bicyclic) bond motifs is 1. The van der Waals surface area contributed by atoms with Gasteiger partial charge in [-0.25, -0.2) is 0 Å². The lowest BCUT2D eigenvalue weighted by atomic mass is 9.77. The van der Waals surface area contributed by atoms with Crippen molar-refractivity contribution >= 4 is 22.8 Å². The first-order valence-electron chi connectivity index (χ1n) is 9.17. The minimum absolute atomic E-state index is 0.0421. The van der Waals surface area contributed by atoms with E-state index in [1.165, 1.54) is 16.6 Å². The minimum atomic E-state index is -0.843. The summed E-state index contributed by atoms with van der Waals surface area (Å²) in [5.41, 5.74) is 1.97. The van der Waals surface area contributed by atoms with Crippen LogP contribution in [0, 0.1) is 5.92 Å². The van der Waals surface area contributed by atoms with Gasteiger partial charge in [-0.1, -0.05) is 18.2 Å². The second-order valence-electron chi connectivity index (χ2n) is 7.68. The predicted molar refractivity (Wildman–Crippen MR) is 98.7 cm³/mol. The number of aryl methyl sites for hydroxylation is 1. The molecule has 26 heavy (non-hydrogen) atoms. The van der Waals surface area contributed by atoms with Gasteiger partial charge in [-0.05, 0) is 30.4 Å². The summed E-state index contributed by atoms with van der Waals surface area (Å²) in [5, 5.41) is 10.8. The Kier molecular flexibility index (Phi) is 4.03. The van der Waals surface area contributed by atoms with Gasteiger partial charge in [0.25, 0.3) is 0 Å². The Morgan fingerprint density at radius 2 is 1.92 bits per heavy atom. The van der Waals surface area contributed by atoms with Gasteiger partial charge >= 0.3 is 5.97 Å². The van der Waals surface area contributed by atoms with Crippen molar-refractivity contribution in [2.45, 2.75) is 31.3 Å². The molecule has 1 N–H and O–H groups in total. The maximum atomic E-state index is 12.1. The quantitative estimate of drug-likeness (QED) is 0.915. The molecular formula is C20H25N3O3. The third-order valence-corrected chi connectivity index (χ3v) is 6.53. The second-order valence-corrected chi connectivity index (χ2v) is 7.68. The van der Waals surface area contributed by atoms with Crippen molar-refractivity contribution in [3.8, 4) is 0 Å². The molecule has 1 atom stereocenters. The highest BCUT2D eigenvalue weighted by Crippen LogP contribution is 2.43. The maximum absolute atomic E-state index is 12.1. The number of carbonyl (C=O) groups excluding carboxylic acids is 1. The van der Waals surface area contributed by atoms with Crippen LogP contribution in [0.3, 0.4) is 0 Å². The van der Waals surface area contributed by atoms with Crippen LogP contribution in [0.2, 0.25) is 0 Å². The number of carbonyl (C=O) groups is 2. The van der Waals surface area contributed by atoms with Crippen LogP contribution in [-0.4, -0.2) is 57.0 Å². The number of carboxylic acids is 1. The highest BCUT2D eigenvalue weighted by molar-refractivity contribution is 5.88. The fourth-order valence-electron chi connectivity index (χ4n) is 4.81. The van der Waals surface area contributed by atoms with Crippen LogP contribution < -0.4 is 0 Å². The van der Waals surface area contributed by atoms with Gasteiger partial charge in [-0.2, -0.15) is 0 Å². The molecule has 0 radical (unpaired) electrons. The average Bonchev–Trinajstić information content (AvgIpc) is 3.07. The maximum Gasteiger partial charge on any atom is 0.309 e. The van der Waals surface area contributed by atoms with E-state index in [1.807, 2.05) is 0 Å². The van der Waals surface area contributed by atoms with E-state index < -0.39 is 17.4 Å². The number of nitrogens with zero attached hydrogens (tertiary/aromatic N) is 3. The molecule has 1 aromatic carbocycles. The number of aliphatic carboxylic acids is 1. The van der Waals surface area contributed by atoms with E-state index in [4.69, 9.17) is 0 Å². The zero-order valence-corrected chi connectivity index (χ0v) is 15.3. The van der Waals surface area contributed by atoms with Gasteiger partial charge in [0.2, 0.25) is 5.91 Å². The van der Waals surface area contributed by atoms with E-state index in [0.717, 1.165) is 32.5 Å². The second kappa shape index (κ2) is 6.13. The Morgan fingerprint density at radius 1 is 1.23 bits per heavy atom. The third kappa shape index (κ3) is 2.51. The van der Waals surface area contributed by atoms with Crippen LogP contribution in [0.15, 0.2) is 30.3 Å². The van der Waals surface area contributed by atoms with Gasteiger partial charge in [-0.15, -0.1) is 0 Å². The van der Waals surface area contributed by atoms with Crippen LogP contribution in [0.1, 0.15) is 25.0 Å². The summed E-state index contributed by atoms with van der Waals surface area (Å²) in [6.07, 6.45) is 1.57. The Hall–Kier alpha value is -2.34. The molecule has 2 fully saturated rings. The molecule has 6 heteroatoms. The lowest BCUT2D eigenvalue weighted by Crippen LogP contribution is -2.56. The molecule has 4 rings (SSSR count). The molecule has 3 heterocycles. The van der Waals surface area contributed by atoms with Crippen molar-refractivity contribution in [2.75, 3.05) is 20.1 Å². The Morgan fingerprint density at radius 3 is 2.58 bits per heavy atom. The number of benzene rings is 1. The van der Waals surface area contributed by atoms with Crippen LogP contribution in [-0.2, 0) is 23.2 Å². The Balaban J connectivity index is 1.50. The number of rotatable bonds is 3. The molecule has 2 aromatic rings. The summed E-state index contributed by atoms with van der Waals surface area (Å²) in [5.74, 6) is -1.47. The van der Waals surface area contributed by atoms with Crippen molar-refractivity contribution < 1.29 is 14.7 Å². The Labute approximate surface area is 153 Å². The number of piperidine rings is 1. The summed E-state index contributed by atoms with van der Waals surface area (Å²) in [6.45, 7) is 2.46. The van der Waals surface area contributed by atoms with Crippen molar-refractivity contribution in [3.63, 3.8) is 0 Å². The lowest BCUT2D eigenvalue weighted by Gasteiger charge is -2.45. The molecule has 0 bridgehead atoms. The highest BCUT2D eigenvalue weighted by atomic mass is 16.4. The van der Waals surface area contributed by atoms with Gasteiger partial charge in [0.05, 0.1) is 11.5 Å². The first-order chi connectivity index (χ1) is 12.4. The number of likely N-dealkylation sites (tertiary alicyclic amines) is 2. The number of para-hydroxylation sites is 1. The van der Waals surface area contributed by atoms with Gasteiger partial charge < -0.3 is 14.6 Å². The van der Waals surface area contributed by atoms with Crippen LogP contribution >= 0.6 is 0 Å². The standard InChI is InChI=1S/C20H25N3O3/c1-21-15(11-14-5-3-4-6-17(14)21)13-23-9-7-20(8-10-23)16(19(25)26)12-18(24)22(20)2/h3-6,11,16H,7-10,12-13H2,1-2H3,(H,25,26)/t16-/m0/s1. The van der Waals surface area contributed by atoms with E-state index in [9.17, 15) is 14.7 Å². The summed E-state index contributed by atoms with van der Waals surface area (Å²) >= 11 is 0. The largest absolute Gasteiger partial charge is 0.481 e. The molecular weight excluding hydrogens is 330 g/mol. The summed E-state index contributed by atoms with van der Waals surface area (Å²) in [6, 6.07) is 10.6. The lowest BCUT2D eigenvalue weighted by molar-refractivity contribution is -0.146. The van der Waals surface area contributed by atoms with Crippen molar-refractivity contribution in [1.29, 1.82) is 0 Å². The number of amides is 1. The highest BCUT2D eigenvalue weighted by Gasteiger charge is 2.55. The summed E-state index contributed by atoms with van der Waals surface area (Å²) < 4.78 is 2.23. The minimum Gasteiger partial charge on any atom is -0.481 e. The molecule has 2 aliphatic rings. The molecule has 0 saturated carbocycles. The SMILES string of the molecule is CN1C(=O)C[C@@H](C(=O)O)C12CCN(Cc1cc3ccccc3n1C)CC2. The van der Waals surface area contributed by atoms with E-state index in [1.54, 1.807) is 11.9 Å². The first-order valence-corrected chi connectivity index (χ1v) is 9.17. The number of aromatic nitrogens is 1. The third-order valence-electron chi connectivity index (χ3n) is 6.53. The molecule has 1 aromatic heterocycles. The average molecular weight is 355 g/mol. The summed E-state index contributed by atoms with van der Waals surface area (Å²) in [7, 11) is 3.86. The molecule has 0 aliphatic carbocycles. The van der Waals surface area contributed by atoms with Crippen molar-refractivity contribution in [3.05, 3.63) is 36.0 Å². The van der Waals surface area contributed by atoms with Gasteiger partial charge in [0.1, 0.15) is 0 Å². The first kappa shape index (κ1) is 17.1. The molecule has 2 aliphatic heterocycles. The van der Waals surface area contributed by atoms with E-state index in [-0.39, 0.29) is 12.3 Å². The van der Waals surface area contributed by atoms with Crippen LogP contribution in [0.5, 0.6) is 0 Å². The number of hydrogen-bond acceptors (Lipinski definition) is 3. The van der Waals surface area contributed by atoms with Crippen molar-refractivity contribution in [2.24, 2.45) is 13.0 Å². The smallest absolute Gasteiger partial charge is 0.309 e. The molecule has 1 amide bonds. The van der Waals surface area contributed by atoms with Crippen LogP contribution in [0.25, 0.3) is 10.9 Å². The Bertz CT molecular complexity index is 864. The normalized spacial score (nSPS) is 23.2. The van der Waals surface area contributed by atoms with E-state index in [2.05, 4.69) is 46.8 Å².